The zero-order valence-corrected chi connectivity index (χ0v) is 9.53. The van der Waals surface area contributed by atoms with E-state index in [0.717, 1.165) is 5.69 Å². The molecule has 3 nitrogen and oxygen atoms in total. The molecular weight excluding hydrogens is 224 g/mol. The van der Waals surface area contributed by atoms with Crippen LogP contribution in [0.4, 0.5) is 5.69 Å². The average Bonchev–Trinajstić information content (AvgIpc) is 2.26. The monoisotopic (exact) mass is 234 g/mol. The third-order valence-corrected chi connectivity index (χ3v) is 2.47. The first-order valence-corrected chi connectivity index (χ1v) is 5.20. The van der Waals surface area contributed by atoms with Gasteiger partial charge in [0.15, 0.2) is 5.75 Å². The van der Waals surface area contributed by atoms with Crippen LogP contribution in [0.5, 0.6) is 11.5 Å². The maximum absolute atomic E-state index is 6.01. The number of nitrogens with zero attached hydrogens (tertiary/aromatic N) is 1. The summed E-state index contributed by atoms with van der Waals surface area (Å²) in [5.41, 5.74) is 7.09. The van der Waals surface area contributed by atoms with Crippen LogP contribution in [0.1, 0.15) is 5.69 Å². The molecule has 82 valence electrons. The number of halogens is 1. The van der Waals surface area contributed by atoms with Crippen LogP contribution in [0.3, 0.4) is 0 Å². The van der Waals surface area contributed by atoms with Gasteiger partial charge in [0.2, 0.25) is 0 Å². The lowest BCUT2D eigenvalue weighted by Gasteiger charge is -2.11. The summed E-state index contributed by atoms with van der Waals surface area (Å²) in [6, 6.07) is 8.88. The van der Waals surface area contributed by atoms with E-state index in [0.29, 0.717) is 22.2 Å². The molecule has 16 heavy (non-hydrogen) atoms. The summed E-state index contributed by atoms with van der Waals surface area (Å²) >= 11 is 6.01. The molecule has 0 bridgehead atoms. The zero-order valence-electron chi connectivity index (χ0n) is 8.77. The van der Waals surface area contributed by atoms with Crippen molar-refractivity contribution in [3.63, 3.8) is 0 Å². The van der Waals surface area contributed by atoms with Gasteiger partial charge >= 0.3 is 0 Å². The predicted molar refractivity (Wildman–Crippen MR) is 64.9 cm³/mol. The predicted octanol–water partition coefficient (Wildman–Crippen LogP) is 3.42. The van der Waals surface area contributed by atoms with Gasteiger partial charge in [-0.05, 0) is 31.2 Å². The maximum Gasteiger partial charge on any atom is 0.168 e. The van der Waals surface area contributed by atoms with Crippen molar-refractivity contribution in [2.75, 3.05) is 5.73 Å². The van der Waals surface area contributed by atoms with Crippen molar-refractivity contribution in [2.45, 2.75) is 6.92 Å². The minimum atomic E-state index is 0.472. The molecule has 0 aliphatic carbocycles. The molecule has 2 aromatic rings. The maximum atomic E-state index is 6.01. The Morgan fingerprint density at radius 2 is 2.06 bits per heavy atom. The van der Waals surface area contributed by atoms with Crippen LogP contribution in [-0.2, 0) is 0 Å². The third-order valence-electron chi connectivity index (χ3n) is 2.17. The third kappa shape index (κ3) is 2.09. The van der Waals surface area contributed by atoms with E-state index in [-0.39, 0.29) is 0 Å². The van der Waals surface area contributed by atoms with Crippen LogP contribution in [0.2, 0.25) is 5.02 Å². The molecule has 0 aliphatic rings. The number of ether oxygens (including phenoxy) is 1. The summed E-state index contributed by atoms with van der Waals surface area (Å²) in [6.45, 7) is 1.86. The Kier molecular flexibility index (Phi) is 2.97. The highest BCUT2D eigenvalue weighted by Gasteiger charge is 2.08. The molecule has 2 N–H and O–H groups in total. The number of rotatable bonds is 2. The van der Waals surface area contributed by atoms with Crippen LogP contribution < -0.4 is 10.5 Å². The van der Waals surface area contributed by atoms with Gasteiger partial charge in [-0.3, -0.25) is 4.98 Å². The van der Waals surface area contributed by atoms with Crippen molar-refractivity contribution in [1.82, 2.24) is 4.98 Å². The molecule has 1 aromatic carbocycles. The van der Waals surface area contributed by atoms with E-state index in [9.17, 15) is 0 Å². The number of para-hydroxylation sites is 1. The lowest BCUT2D eigenvalue weighted by atomic mass is 10.3. The second kappa shape index (κ2) is 4.41. The summed E-state index contributed by atoms with van der Waals surface area (Å²) in [6.07, 6.45) is 1.71. The second-order valence-electron chi connectivity index (χ2n) is 3.35. The Balaban J connectivity index is 2.38. The second-order valence-corrected chi connectivity index (χ2v) is 3.75. The van der Waals surface area contributed by atoms with Gasteiger partial charge in [-0.1, -0.05) is 17.7 Å². The molecule has 2 rings (SSSR count). The number of aryl methyl sites for hydroxylation is 1. The minimum Gasteiger partial charge on any atom is -0.452 e. The van der Waals surface area contributed by atoms with E-state index in [4.69, 9.17) is 22.1 Å². The SMILES string of the molecule is Cc1ncccc1Oc1c(N)cccc1Cl. The number of nitrogen functional groups attached to an aromatic ring is 1. The van der Waals surface area contributed by atoms with Gasteiger partial charge in [0, 0.05) is 6.20 Å². The van der Waals surface area contributed by atoms with Gasteiger partial charge in [0.05, 0.1) is 16.4 Å². The quantitative estimate of drug-likeness (QED) is 0.810. The van der Waals surface area contributed by atoms with Gasteiger partial charge in [-0.15, -0.1) is 0 Å². The number of aromatic nitrogens is 1. The van der Waals surface area contributed by atoms with Gasteiger partial charge in [0.1, 0.15) is 5.75 Å². The Hall–Kier alpha value is -1.74. The topological polar surface area (TPSA) is 48.1 Å². The number of hydrogen-bond donors (Lipinski definition) is 1. The van der Waals surface area contributed by atoms with Crippen molar-refractivity contribution in [1.29, 1.82) is 0 Å². The Labute approximate surface area is 98.8 Å². The standard InChI is InChI=1S/C12H11ClN2O/c1-8-11(6-3-7-15-8)16-12-9(13)4-2-5-10(12)14/h2-7H,14H2,1H3. The normalized spacial score (nSPS) is 10.1. The summed E-state index contributed by atoms with van der Waals surface area (Å²) < 4.78 is 5.65. The van der Waals surface area contributed by atoms with E-state index in [2.05, 4.69) is 4.98 Å². The number of anilines is 1. The molecule has 1 heterocycles. The molecular formula is C12H11ClN2O. The number of hydrogen-bond acceptors (Lipinski definition) is 3. The highest BCUT2D eigenvalue weighted by molar-refractivity contribution is 6.32. The first-order valence-electron chi connectivity index (χ1n) is 4.82. The first kappa shape index (κ1) is 10.8. The Morgan fingerprint density at radius 1 is 1.25 bits per heavy atom. The van der Waals surface area contributed by atoms with Gasteiger partial charge < -0.3 is 10.5 Å². The van der Waals surface area contributed by atoms with Crippen molar-refractivity contribution in [3.05, 3.63) is 47.2 Å². The number of nitrogens with two attached hydrogens (primary N) is 1. The lowest BCUT2D eigenvalue weighted by Crippen LogP contribution is -1.94. The lowest BCUT2D eigenvalue weighted by molar-refractivity contribution is 0.478. The fraction of sp³-hybridized carbons (Fsp3) is 0.0833. The van der Waals surface area contributed by atoms with Crippen LogP contribution in [0.15, 0.2) is 36.5 Å². The van der Waals surface area contributed by atoms with E-state index < -0.39 is 0 Å². The highest BCUT2D eigenvalue weighted by atomic mass is 35.5. The van der Waals surface area contributed by atoms with E-state index in [1.54, 1.807) is 30.5 Å². The summed E-state index contributed by atoms with van der Waals surface area (Å²) in [7, 11) is 0. The fourth-order valence-electron chi connectivity index (χ4n) is 1.32. The summed E-state index contributed by atoms with van der Waals surface area (Å²) in [4.78, 5) is 4.13. The largest absolute Gasteiger partial charge is 0.452 e. The number of pyridine rings is 1. The smallest absolute Gasteiger partial charge is 0.168 e. The van der Waals surface area contributed by atoms with Gasteiger partial charge in [0.25, 0.3) is 0 Å². The molecule has 0 aliphatic heterocycles. The van der Waals surface area contributed by atoms with Gasteiger partial charge in [-0.2, -0.15) is 0 Å². The average molecular weight is 235 g/mol. The molecule has 0 saturated carbocycles. The molecule has 0 spiro atoms. The van der Waals surface area contributed by atoms with Crippen LogP contribution >= 0.6 is 11.6 Å². The molecule has 0 radical (unpaired) electrons. The summed E-state index contributed by atoms with van der Waals surface area (Å²) in [5.74, 6) is 1.13. The van der Waals surface area contributed by atoms with Crippen molar-refractivity contribution < 1.29 is 4.74 Å². The van der Waals surface area contributed by atoms with Crippen molar-refractivity contribution in [2.24, 2.45) is 0 Å². The molecule has 0 amide bonds. The van der Waals surface area contributed by atoms with E-state index in [1.807, 2.05) is 13.0 Å². The minimum absolute atomic E-state index is 0.472. The zero-order chi connectivity index (χ0) is 11.5. The van der Waals surface area contributed by atoms with Gasteiger partial charge in [-0.25, -0.2) is 0 Å². The fourth-order valence-corrected chi connectivity index (χ4v) is 1.54. The first-order chi connectivity index (χ1) is 7.68. The number of benzene rings is 1. The van der Waals surface area contributed by atoms with Crippen molar-refractivity contribution >= 4 is 17.3 Å². The van der Waals surface area contributed by atoms with Crippen LogP contribution in [0, 0.1) is 6.92 Å². The Morgan fingerprint density at radius 3 is 2.75 bits per heavy atom. The highest BCUT2D eigenvalue weighted by Crippen LogP contribution is 2.35. The van der Waals surface area contributed by atoms with E-state index >= 15 is 0 Å². The van der Waals surface area contributed by atoms with Crippen molar-refractivity contribution in [3.8, 4) is 11.5 Å². The molecule has 0 unspecified atom stereocenters. The Bertz CT molecular complexity index is 494. The molecule has 4 heteroatoms. The molecule has 1 aromatic heterocycles. The van der Waals surface area contributed by atoms with Crippen LogP contribution in [0.25, 0.3) is 0 Å². The molecule has 0 fully saturated rings. The molecule has 0 atom stereocenters. The molecule has 0 saturated heterocycles. The van der Waals surface area contributed by atoms with E-state index in [1.165, 1.54) is 0 Å². The summed E-state index contributed by atoms with van der Waals surface area (Å²) in [5, 5.41) is 0.489. The van der Waals surface area contributed by atoms with Crippen LogP contribution in [-0.4, -0.2) is 4.98 Å².